The number of aliphatic carboxylic acids is 1. The van der Waals surface area contributed by atoms with Crippen LogP contribution in [0.3, 0.4) is 0 Å². The van der Waals surface area contributed by atoms with Crippen molar-refractivity contribution >= 4 is 26.7 Å². The number of carboxylic acids is 1. The highest BCUT2D eigenvalue weighted by atomic mass is 32.2. The molecule has 2 N–H and O–H groups in total. The van der Waals surface area contributed by atoms with Gasteiger partial charge in [0.25, 0.3) is 0 Å². The number of ether oxygens (including phenoxy) is 2. The molecule has 228 valence electrons. The van der Waals surface area contributed by atoms with Crippen molar-refractivity contribution in [2.24, 2.45) is 0 Å². The Hall–Kier alpha value is -4.78. The van der Waals surface area contributed by atoms with Crippen LogP contribution in [0.15, 0.2) is 65.8 Å². The van der Waals surface area contributed by atoms with Crippen molar-refractivity contribution in [2.45, 2.75) is 36.6 Å². The molecule has 1 unspecified atom stereocenters. The summed E-state index contributed by atoms with van der Waals surface area (Å²) in [4.78, 5) is 13.1. The lowest BCUT2D eigenvalue weighted by atomic mass is 9.84. The van der Waals surface area contributed by atoms with E-state index in [0.717, 1.165) is 23.4 Å². The van der Waals surface area contributed by atoms with Crippen molar-refractivity contribution < 1.29 is 41.0 Å². The monoisotopic (exact) mass is 625 g/mol. The van der Waals surface area contributed by atoms with Gasteiger partial charge in [0.15, 0.2) is 21.4 Å². The van der Waals surface area contributed by atoms with E-state index in [4.69, 9.17) is 14.6 Å². The second-order valence-electron chi connectivity index (χ2n) is 10.8. The van der Waals surface area contributed by atoms with E-state index >= 15 is 8.78 Å². The Bertz CT molecular complexity index is 2060. The number of aryl methyl sites for hydroxylation is 1. The molecule has 13 heteroatoms. The molecule has 0 saturated carbocycles. The zero-order valence-electron chi connectivity index (χ0n) is 23.5. The number of sulfone groups is 1. The van der Waals surface area contributed by atoms with Gasteiger partial charge in [-0.25, -0.2) is 17.2 Å². The highest BCUT2D eigenvalue weighted by Gasteiger charge is 2.37. The summed E-state index contributed by atoms with van der Waals surface area (Å²) in [6.07, 6.45) is 4.58. The van der Waals surface area contributed by atoms with Gasteiger partial charge in [0, 0.05) is 48.0 Å². The van der Waals surface area contributed by atoms with Crippen molar-refractivity contribution in [3.05, 3.63) is 89.5 Å². The first-order valence-electron chi connectivity index (χ1n) is 13.6. The molecule has 0 amide bonds. The first kappa shape index (κ1) is 29.3. The molecule has 5 aromatic rings. The minimum Gasteiger partial charge on any atom is -0.493 e. The van der Waals surface area contributed by atoms with E-state index in [0.29, 0.717) is 25.2 Å². The van der Waals surface area contributed by atoms with Crippen LogP contribution < -0.4 is 9.47 Å². The first-order chi connectivity index (χ1) is 20.9. The Labute approximate surface area is 249 Å². The lowest BCUT2D eigenvalue weighted by Crippen LogP contribution is -2.37. The van der Waals surface area contributed by atoms with E-state index in [1.54, 1.807) is 16.9 Å². The van der Waals surface area contributed by atoms with Gasteiger partial charge in [-0.3, -0.25) is 9.48 Å². The number of nitrogens with zero attached hydrogens (tertiary/aromatic N) is 2. The normalized spacial score (nSPS) is 16.5. The minimum absolute atomic E-state index is 0.0168. The number of aromatic amines is 1. The third kappa shape index (κ3) is 4.96. The van der Waals surface area contributed by atoms with Gasteiger partial charge in [0.1, 0.15) is 22.2 Å². The zero-order valence-corrected chi connectivity index (χ0v) is 24.3. The Morgan fingerprint density at radius 2 is 1.95 bits per heavy atom. The van der Waals surface area contributed by atoms with E-state index in [2.05, 4.69) is 10.1 Å². The number of fused-ring (bicyclic) bond motifs is 2. The topological polar surface area (TPSA) is 124 Å². The summed E-state index contributed by atoms with van der Waals surface area (Å²) in [6, 6.07) is 11.9. The van der Waals surface area contributed by atoms with Gasteiger partial charge in [-0.15, -0.1) is 0 Å². The number of benzene rings is 3. The van der Waals surface area contributed by atoms with Gasteiger partial charge in [-0.05, 0) is 49.2 Å². The maximum Gasteiger partial charge on any atom is 0.303 e. The predicted molar refractivity (Wildman–Crippen MR) is 154 cm³/mol. The summed E-state index contributed by atoms with van der Waals surface area (Å²) >= 11 is 0. The Kier molecular flexibility index (Phi) is 7.15. The molecule has 0 bridgehead atoms. The minimum atomic E-state index is -4.09. The fourth-order valence-electron chi connectivity index (χ4n) is 5.60. The van der Waals surface area contributed by atoms with Crippen molar-refractivity contribution in [3.8, 4) is 28.5 Å². The number of H-pyrrole nitrogens is 1. The molecule has 1 aliphatic rings. The molecule has 44 heavy (non-hydrogen) atoms. The molecule has 0 saturated heterocycles. The SMILES string of the molecule is CC1(n2ccc(-c3cc(Oc4c(F)c(F)c5[nH]ccc5c4S(C)(=O)=O)ccc3F)n2)CCOc2c(CCC(=O)O)cccc21. The number of halogens is 3. The Morgan fingerprint density at radius 3 is 2.70 bits per heavy atom. The molecule has 0 aliphatic carbocycles. The summed E-state index contributed by atoms with van der Waals surface area (Å²) < 4.78 is 83.6. The molecular weight excluding hydrogens is 599 g/mol. The summed E-state index contributed by atoms with van der Waals surface area (Å²) in [5.41, 5.74) is 0.709. The molecule has 0 radical (unpaired) electrons. The van der Waals surface area contributed by atoms with Gasteiger partial charge >= 0.3 is 5.97 Å². The third-order valence-electron chi connectivity index (χ3n) is 7.83. The van der Waals surface area contributed by atoms with Crippen LogP contribution in [0, 0.1) is 17.5 Å². The highest BCUT2D eigenvalue weighted by Crippen LogP contribution is 2.43. The maximum atomic E-state index is 15.2. The van der Waals surface area contributed by atoms with Crippen LogP contribution in [0.1, 0.15) is 30.9 Å². The van der Waals surface area contributed by atoms with E-state index in [9.17, 15) is 17.6 Å². The number of para-hydroxylation sites is 1. The van der Waals surface area contributed by atoms with Crippen molar-refractivity contribution in [3.63, 3.8) is 0 Å². The second kappa shape index (κ2) is 10.7. The lowest BCUT2D eigenvalue weighted by molar-refractivity contribution is -0.136. The van der Waals surface area contributed by atoms with Gasteiger partial charge in [-0.2, -0.15) is 9.49 Å². The van der Waals surface area contributed by atoms with Gasteiger partial charge in [0.05, 0.1) is 23.4 Å². The van der Waals surface area contributed by atoms with Crippen LogP contribution in [-0.4, -0.2) is 47.1 Å². The average molecular weight is 626 g/mol. The number of nitrogens with one attached hydrogen (secondary N) is 1. The number of carboxylic acid groups (broad SMARTS) is 1. The average Bonchev–Trinajstić information content (AvgIpc) is 3.66. The molecule has 0 fully saturated rings. The number of carbonyl (C=O) groups is 1. The molecule has 2 aromatic heterocycles. The molecule has 3 aromatic carbocycles. The standard InChI is InChI=1S/C31H26F3N3O6S/c1-31(12-15-42-28-17(6-9-24(38)39)4-3-5-21(28)31)37-14-11-23(36-37)20-16-18(7-8-22(20)32)43-29-26(34)25(33)27-19(10-13-35-27)30(29)44(2,40)41/h3-5,7-8,10-11,13-14,16,35H,6,9,12,15H2,1-2H3,(H,38,39). The van der Waals surface area contributed by atoms with E-state index in [1.165, 1.54) is 24.4 Å². The highest BCUT2D eigenvalue weighted by molar-refractivity contribution is 7.91. The molecule has 0 spiro atoms. The number of hydrogen-bond donors (Lipinski definition) is 2. The summed E-state index contributed by atoms with van der Waals surface area (Å²) in [7, 11) is -4.09. The quantitative estimate of drug-likeness (QED) is 0.197. The van der Waals surface area contributed by atoms with Crippen molar-refractivity contribution in [1.29, 1.82) is 0 Å². The zero-order chi connectivity index (χ0) is 31.4. The number of rotatable bonds is 8. The smallest absolute Gasteiger partial charge is 0.303 e. The molecule has 9 nitrogen and oxygen atoms in total. The Balaban J connectivity index is 1.38. The Morgan fingerprint density at radius 1 is 1.16 bits per heavy atom. The first-order valence-corrected chi connectivity index (χ1v) is 15.5. The fourth-order valence-corrected chi connectivity index (χ4v) is 6.64. The van der Waals surface area contributed by atoms with Crippen molar-refractivity contribution in [2.75, 3.05) is 12.9 Å². The van der Waals surface area contributed by atoms with Gasteiger partial charge < -0.3 is 19.6 Å². The van der Waals surface area contributed by atoms with Gasteiger partial charge in [0.2, 0.25) is 5.82 Å². The largest absolute Gasteiger partial charge is 0.493 e. The van der Waals surface area contributed by atoms with Gasteiger partial charge in [-0.1, -0.05) is 18.2 Å². The number of hydrogen-bond acceptors (Lipinski definition) is 6. The van der Waals surface area contributed by atoms with Crippen LogP contribution in [0.2, 0.25) is 0 Å². The fraction of sp³-hybridized carbons (Fsp3) is 0.226. The second-order valence-corrected chi connectivity index (χ2v) is 12.7. The van der Waals surface area contributed by atoms with Crippen LogP contribution in [0.25, 0.3) is 22.2 Å². The maximum absolute atomic E-state index is 15.2. The number of aromatic nitrogens is 3. The summed E-state index contributed by atoms with van der Waals surface area (Å²) in [5.74, 6) is -4.81. The molecule has 1 aliphatic heterocycles. The predicted octanol–water partition coefficient (Wildman–Crippen LogP) is 6.21. The third-order valence-corrected chi connectivity index (χ3v) is 8.98. The van der Waals surface area contributed by atoms with E-state index < -0.39 is 49.4 Å². The van der Waals surface area contributed by atoms with Crippen LogP contribution in [-0.2, 0) is 26.6 Å². The van der Waals surface area contributed by atoms with E-state index in [1.807, 2.05) is 25.1 Å². The summed E-state index contributed by atoms with van der Waals surface area (Å²) in [6.45, 7) is 2.29. The van der Waals surface area contributed by atoms with E-state index in [-0.39, 0.29) is 34.3 Å². The van der Waals surface area contributed by atoms with Crippen LogP contribution >= 0.6 is 0 Å². The van der Waals surface area contributed by atoms with Crippen LogP contribution in [0.4, 0.5) is 13.2 Å². The van der Waals surface area contributed by atoms with Crippen molar-refractivity contribution in [1.82, 2.24) is 14.8 Å². The van der Waals surface area contributed by atoms with Crippen LogP contribution in [0.5, 0.6) is 17.2 Å². The molecule has 3 heterocycles. The molecular formula is C31H26F3N3O6S. The summed E-state index contributed by atoms with van der Waals surface area (Å²) in [5, 5.41) is 13.7. The lowest BCUT2D eigenvalue weighted by Gasteiger charge is -2.37. The molecule has 1 atom stereocenters. The molecule has 6 rings (SSSR count).